The fourth-order valence-electron chi connectivity index (χ4n) is 2.83. The molecule has 7 heteroatoms. The molecule has 1 unspecified atom stereocenters. The number of benzene rings is 2. The van der Waals surface area contributed by atoms with E-state index in [0.29, 0.717) is 17.9 Å². The minimum Gasteiger partial charge on any atom is -0.479 e. The summed E-state index contributed by atoms with van der Waals surface area (Å²) in [5.74, 6) is 0.241. The van der Waals surface area contributed by atoms with Gasteiger partial charge in [-0.1, -0.05) is 24.3 Å². The topological polar surface area (TPSA) is 53.3 Å². The molecule has 0 saturated carbocycles. The van der Waals surface area contributed by atoms with Gasteiger partial charge in [0.1, 0.15) is 11.8 Å². The summed E-state index contributed by atoms with van der Waals surface area (Å²) in [6.07, 6.45) is -1.42. The molecule has 1 atom stereocenters. The maximum Gasteiger partial charge on any atom is 0.416 e. The predicted octanol–water partition coefficient (Wildman–Crippen LogP) is 5.23. The maximum absolute atomic E-state index is 13.0. The quantitative estimate of drug-likeness (QED) is 0.596. The number of alkyl halides is 3. The molecule has 0 N–H and O–H groups in total. The molecule has 2 aromatic carbocycles. The first kappa shape index (κ1) is 22.0. The van der Waals surface area contributed by atoms with Gasteiger partial charge in [-0.3, -0.25) is 4.79 Å². The van der Waals surface area contributed by atoms with Crippen molar-refractivity contribution in [3.8, 4) is 11.8 Å². The lowest BCUT2D eigenvalue weighted by atomic mass is 10.0. The summed E-state index contributed by atoms with van der Waals surface area (Å²) in [4.78, 5) is 14.1. The fraction of sp³-hybridized carbons (Fsp3) is 0.273. The highest BCUT2D eigenvalue weighted by Crippen LogP contribution is 2.32. The fourth-order valence-corrected chi connectivity index (χ4v) is 2.83. The Kier molecular flexibility index (Phi) is 7.43. The number of amides is 1. The molecule has 0 fully saturated rings. The van der Waals surface area contributed by atoms with Gasteiger partial charge in [0.2, 0.25) is 5.91 Å². The number of nitriles is 1. The van der Waals surface area contributed by atoms with Crippen LogP contribution in [0.15, 0.2) is 54.6 Å². The third kappa shape index (κ3) is 6.11. The molecule has 2 rings (SSSR count). The summed E-state index contributed by atoms with van der Waals surface area (Å²) in [7, 11) is 0. The van der Waals surface area contributed by atoms with Gasteiger partial charge < -0.3 is 9.64 Å². The lowest BCUT2D eigenvalue weighted by Crippen LogP contribution is -2.32. The number of carbonyl (C=O) groups excluding carboxylic acids is 1. The van der Waals surface area contributed by atoms with Gasteiger partial charge in [-0.15, -0.1) is 0 Å². The second-order valence-corrected chi connectivity index (χ2v) is 6.27. The Bertz CT molecular complexity index is 900. The molecule has 0 aliphatic heterocycles. The molecule has 2 aromatic rings. The van der Waals surface area contributed by atoms with Gasteiger partial charge in [0.05, 0.1) is 11.6 Å². The van der Waals surface area contributed by atoms with E-state index in [-0.39, 0.29) is 12.5 Å². The highest BCUT2D eigenvalue weighted by Gasteiger charge is 2.31. The van der Waals surface area contributed by atoms with E-state index in [1.165, 1.54) is 17.0 Å². The van der Waals surface area contributed by atoms with Crippen LogP contribution in [-0.2, 0) is 11.0 Å². The molecule has 4 nitrogen and oxygen atoms in total. The first-order valence-electron chi connectivity index (χ1n) is 9.02. The number of carbonyl (C=O) groups is 1. The highest BCUT2D eigenvalue weighted by molar-refractivity contribution is 5.92. The van der Waals surface area contributed by atoms with Crippen LogP contribution in [0.4, 0.5) is 13.2 Å². The van der Waals surface area contributed by atoms with Crippen molar-refractivity contribution in [1.29, 1.82) is 5.26 Å². The minimum atomic E-state index is -4.43. The van der Waals surface area contributed by atoms with Gasteiger partial charge in [-0.05, 0) is 55.3 Å². The molecule has 0 aromatic heterocycles. The van der Waals surface area contributed by atoms with Crippen molar-refractivity contribution in [3.05, 3.63) is 71.3 Å². The smallest absolute Gasteiger partial charge is 0.416 e. The van der Waals surface area contributed by atoms with Crippen LogP contribution < -0.4 is 4.74 Å². The monoisotopic (exact) mass is 402 g/mol. The van der Waals surface area contributed by atoms with Crippen LogP contribution in [0.3, 0.4) is 0 Å². The third-order valence-corrected chi connectivity index (χ3v) is 4.39. The van der Waals surface area contributed by atoms with Crippen LogP contribution in [0.1, 0.15) is 36.6 Å². The second kappa shape index (κ2) is 9.78. The first-order chi connectivity index (χ1) is 13.8. The minimum absolute atomic E-state index is 0.0490. The number of hydrogen-bond acceptors (Lipinski definition) is 3. The van der Waals surface area contributed by atoms with E-state index in [9.17, 15) is 18.0 Å². The maximum atomic E-state index is 13.0. The molecule has 0 heterocycles. The zero-order chi connectivity index (χ0) is 21.4. The Morgan fingerprint density at radius 1 is 1.24 bits per heavy atom. The predicted molar refractivity (Wildman–Crippen MR) is 104 cm³/mol. The summed E-state index contributed by atoms with van der Waals surface area (Å²) in [5.41, 5.74) is 0.437. The molecule has 29 heavy (non-hydrogen) atoms. The van der Waals surface area contributed by atoms with Crippen molar-refractivity contribution in [2.45, 2.75) is 26.1 Å². The number of ether oxygens (including phenoxy) is 1. The normalized spacial score (nSPS) is 12.4. The molecule has 0 aliphatic rings. The van der Waals surface area contributed by atoms with Crippen molar-refractivity contribution in [3.63, 3.8) is 0 Å². The van der Waals surface area contributed by atoms with Gasteiger partial charge in [0, 0.05) is 12.6 Å². The number of hydrogen-bond donors (Lipinski definition) is 0. The Balaban J connectivity index is 2.12. The van der Waals surface area contributed by atoms with E-state index >= 15 is 0 Å². The Morgan fingerprint density at radius 3 is 2.52 bits per heavy atom. The van der Waals surface area contributed by atoms with Gasteiger partial charge >= 0.3 is 6.18 Å². The summed E-state index contributed by atoms with van der Waals surface area (Å²) >= 11 is 0. The van der Waals surface area contributed by atoms with Crippen LogP contribution in [0, 0.1) is 11.3 Å². The van der Waals surface area contributed by atoms with E-state index in [1.54, 1.807) is 50.3 Å². The van der Waals surface area contributed by atoms with Crippen LogP contribution in [0.25, 0.3) is 6.08 Å². The zero-order valence-electron chi connectivity index (χ0n) is 16.1. The van der Waals surface area contributed by atoms with E-state index in [4.69, 9.17) is 10.00 Å². The third-order valence-electron chi connectivity index (χ3n) is 4.39. The van der Waals surface area contributed by atoms with Crippen LogP contribution >= 0.6 is 0 Å². The van der Waals surface area contributed by atoms with E-state index in [1.807, 2.05) is 6.07 Å². The van der Waals surface area contributed by atoms with Crippen molar-refractivity contribution >= 4 is 12.0 Å². The van der Waals surface area contributed by atoms with Crippen molar-refractivity contribution in [2.24, 2.45) is 0 Å². The number of likely N-dealkylation sites (N-methyl/N-ethyl adjacent to an activating group) is 1. The van der Waals surface area contributed by atoms with Gasteiger partial charge in [-0.2, -0.15) is 18.4 Å². The van der Waals surface area contributed by atoms with Gasteiger partial charge in [0.25, 0.3) is 0 Å². The average Bonchev–Trinajstić information content (AvgIpc) is 2.71. The number of halogens is 3. The van der Waals surface area contributed by atoms with Crippen molar-refractivity contribution < 1.29 is 22.7 Å². The van der Waals surface area contributed by atoms with E-state index in [2.05, 4.69) is 0 Å². The molecule has 0 aliphatic carbocycles. The molecular formula is C22H21F3N2O2. The molecule has 0 spiro atoms. The molecule has 152 valence electrons. The summed E-state index contributed by atoms with van der Waals surface area (Å²) in [6, 6.07) is 13.2. The molecule has 0 saturated heterocycles. The summed E-state index contributed by atoms with van der Waals surface area (Å²) in [5, 5.41) is 8.50. The average molecular weight is 402 g/mol. The molecule has 1 amide bonds. The second-order valence-electron chi connectivity index (χ2n) is 6.27. The number of rotatable bonds is 7. The van der Waals surface area contributed by atoms with Crippen molar-refractivity contribution in [1.82, 2.24) is 4.90 Å². The SMILES string of the molecule is CCN(C(=O)/C=C/c1ccc(OCC#N)cc1)C(C)c1cccc(C(F)(F)F)c1. The van der Waals surface area contributed by atoms with Gasteiger partial charge in [0.15, 0.2) is 6.61 Å². The van der Waals surface area contributed by atoms with Gasteiger partial charge in [-0.25, -0.2) is 0 Å². The van der Waals surface area contributed by atoms with Crippen LogP contribution in [0.2, 0.25) is 0 Å². The lowest BCUT2D eigenvalue weighted by Gasteiger charge is -2.28. The first-order valence-corrected chi connectivity index (χ1v) is 9.02. The van der Waals surface area contributed by atoms with Crippen molar-refractivity contribution in [2.75, 3.05) is 13.2 Å². The highest BCUT2D eigenvalue weighted by atomic mass is 19.4. The Labute approximate surface area is 167 Å². The largest absolute Gasteiger partial charge is 0.479 e. The van der Waals surface area contributed by atoms with Crippen LogP contribution in [0.5, 0.6) is 5.75 Å². The van der Waals surface area contributed by atoms with Crippen LogP contribution in [-0.4, -0.2) is 24.0 Å². The molecule has 0 bridgehead atoms. The Morgan fingerprint density at radius 2 is 1.93 bits per heavy atom. The molecular weight excluding hydrogens is 381 g/mol. The Hall–Kier alpha value is -3.27. The summed E-state index contributed by atoms with van der Waals surface area (Å²) in [6.45, 7) is 3.78. The summed E-state index contributed by atoms with van der Waals surface area (Å²) < 4.78 is 44.1. The number of nitrogens with zero attached hydrogens (tertiary/aromatic N) is 2. The van der Waals surface area contributed by atoms with E-state index in [0.717, 1.165) is 17.7 Å². The van der Waals surface area contributed by atoms with E-state index < -0.39 is 17.8 Å². The standard InChI is InChI=1S/C22H21F3N2O2/c1-3-27(16(2)18-5-4-6-19(15-18)22(23,24)25)21(28)12-9-17-7-10-20(11-8-17)29-14-13-26/h4-12,15-16H,3,14H2,1-2H3/b12-9+. The lowest BCUT2D eigenvalue weighted by molar-refractivity contribution is -0.137. The molecule has 0 radical (unpaired) electrons. The zero-order valence-corrected chi connectivity index (χ0v) is 16.1.